The lowest BCUT2D eigenvalue weighted by atomic mass is 10.1. The Morgan fingerprint density at radius 2 is 2.10 bits per heavy atom. The van der Waals surface area contributed by atoms with Crippen LogP contribution in [0.3, 0.4) is 0 Å². The number of nitrogens with one attached hydrogen (secondary N) is 1. The average Bonchev–Trinajstić information content (AvgIpc) is 2.44. The third-order valence-corrected chi connectivity index (χ3v) is 2.55. The van der Waals surface area contributed by atoms with Gasteiger partial charge >= 0.3 is 0 Å². The number of nitriles is 1. The van der Waals surface area contributed by atoms with E-state index in [-0.39, 0.29) is 5.95 Å². The Hall–Kier alpha value is -2.88. The third kappa shape index (κ3) is 3.32. The van der Waals surface area contributed by atoms with Crippen molar-refractivity contribution in [3.63, 3.8) is 0 Å². The number of hydrogen-bond donors (Lipinski definition) is 2. The molecule has 0 unspecified atom stereocenters. The molecule has 1 aromatic carbocycles. The van der Waals surface area contributed by atoms with Crippen molar-refractivity contribution < 1.29 is 0 Å². The van der Waals surface area contributed by atoms with Crippen LogP contribution < -0.4 is 16.0 Å². The highest BCUT2D eigenvalue weighted by atomic mass is 15.3. The summed E-state index contributed by atoms with van der Waals surface area (Å²) in [5, 5.41) is 11.9. The quantitative estimate of drug-likeness (QED) is 0.853. The molecule has 3 N–H and O–H groups in total. The van der Waals surface area contributed by atoms with Gasteiger partial charge in [0.05, 0.1) is 11.6 Å². The van der Waals surface area contributed by atoms with Crippen LogP contribution in [0.4, 0.5) is 17.8 Å². The second-order valence-electron chi connectivity index (χ2n) is 4.38. The van der Waals surface area contributed by atoms with Gasteiger partial charge in [0.25, 0.3) is 0 Å². The fourth-order valence-electron chi connectivity index (χ4n) is 1.59. The number of benzene rings is 1. The second-order valence-corrected chi connectivity index (χ2v) is 4.38. The molecule has 7 heteroatoms. The molecule has 0 radical (unpaired) electrons. The zero-order valence-electron chi connectivity index (χ0n) is 11.3. The van der Waals surface area contributed by atoms with E-state index in [1.165, 1.54) is 0 Å². The first kappa shape index (κ1) is 13.5. The molecule has 0 spiro atoms. The molecule has 0 bridgehead atoms. The van der Waals surface area contributed by atoms with E-state index in [9.17, 15) is 0 Å². The molecule has 2 rings (SSSR count). The van der Waals surface area contributed by atoms with Gasteiger partial charge in [0.2, 0.25) is 17.8 Å². The standard InChI is InChI=1S/C13H15N7/c1-20(2)13-18-11(15)17-12(19-13)16-8-10-5-3-4-9(6-10)7-14/h3-6H,8H2,1-2H3,(H3,15,16,17,18,19). The molecule has 0 atom stereocenters. The average molecular weight is 269 g/mol. The van der Waals surface area contributed by atoms with Crippen LogP contribution in [0.2, 0.25) is 0 Å². The van der Waals surface area contributed by atoms with Crippen LogP contribution in [-0.2, 0) is 6.54 Å². The van der Waals surface area contributed by atoms with E-state index in [0.717, 1.165) is 5.56 Å². The molecule has 0 fully saturated rings. The first-order chi connectivity index (χ1) is 9.58. The zero-order chi connectivity index (χ0) is 14.5. The molecule has 0 aliphatic heterocycles. The number of nitrogens with two attached hydrogens (primary N) is 1. The van der Waals surface area contributed by atoms with E-state index in [4.69, 9.17) is 11.0 Å². The summed E-state index contributed by atoms with van der Waals surface area (Å²) in [6.07, 6.45) is 0. The maximum Gasteiger partial charge on any atom is 0.231 e. The molecule has 7 nitrogen and oxygen atoms in total. The normalized spacial score (nSPS) is 9.85. The molecule has 0 aliphatic carbocycles. The molecule has 20 heavy (non-hydrogen) atoms. The van der Waals surface area contributed by atoms with E-state index < -0.39 is 0 Å². The number of aromatic nitrogens is 3. The van der Waals surface area contributed by atoms with Gasteiger partial charge in [-0.2, -0.15) is 20.2 Å². The molecular formula is C13H15N7. The molecule has 1 heterocycles. The summed E-state index contributed by atoms with van der Waals surface area (Å²) in [6.45, 7) is 0.506. The number of rotatable bonds is 4. The van der Waals surface area contributed by atoms with Gasteiger partial charge in [0.1, 0.15) is 0 Å². The van der Waals surface area contributed by atoms with Crippen molar-refractivity contribution in [2.24, 2.45) is 0 Å². The summed E-state index contributed by atoms with van der Waals surface area (Å²) >= 11 is 0. The molecule has 2 aromatic rings. The molecule has 1 aromatic heterocycles. The fraction of sp³-hybridized carbons (Fsp3) is 0.231. The number of nitrogens with zero attached hydrogens (tertiary/aromatic N) is 5. The first-order valence-electron chi connectivity index (χ1n) is 6.00. The summed E-state index contributed by atoms with van der Waals surface area (Å²) in [7, 11) is 3.66. The molecule has 0 saturated heterocycles. The van der Waals surface area contributed by atoms with Crippen LogP contribution in [0.15, 0.2) is 24.3 Å². The van der Waals surface area contributed by atoms with Crippen molar-refractivity contribution >= 4 is 17.8 Å². The van der Waals surface area contributed by atoms with E-state index in [0.29, 0.717) is 24.0 Å². The van der Waals surface area contributed by atoms with Crippen molar-refractivity contribution in [2.75, 3.05) is 30.0 Å². The lowest BCUT2D eigenvalue weighted by Crippen LogP contribution is -2.16. The minimum Gasteiger partial charge on any atom is -0.368 e. The minimum atomic E-state index is 0.164. The van der Waals surface area contributed by atoms with Crippen molar-refractivity contribution in [3.05, 3.63) is 35.4 Å². The summed E-state index contributed by atoms with van der Waals surface area (Å²) in [5.41, 5.74) is 7.23. The molecule has 0 amide bonds. The van der Waals surface area contributed by atoms with Gasteiger partial charge < -0.3 is 16.0 Å². The second kappa shape index (κ2) is 5.84. The Morgan fingerprint density at radius 1 is 1.30 bits per heavy atom. The summed E-state index contributed by atoms with van der Waals surface area (Å²) in [4.78, 5) is 14.0. The Bertz CT molecular complexity index is 645. The van der Waals surface area contributed by atoms with Gasteiger partial charge in [-0.15, -0.1) is 0 Å². The van der Waals surface area contributed by atoms with E-state index in [2.05, 4.69) is 26.3 Å². The van der Waals surface area contributed by atoms with Gasteiger partial charge in [-0.1, -0.05) is 12.1 Å². The van der Waals surface area contributed by atoms with Crippen LogP contribution in [0.1, 0.15) is 11.1 Å². The molecule has 0 saturated carbocycles. The zero-order valence-corrected chi connectivity index (χ0v) is 11.3. The highest BCUT2D eigenvalue weighted by Gasteiger charge is 2.05. The Morgan fingerprint density at radius 3 is 2.80 bits per heavy atom. The minimum absolute atomic E-state index is 0.164. The van der Waals surface area contributed by atoms with Gasteiger partial charge in [-0.25, -0.2) is 0 Å². The largest absolute Gasteiger partial charge is 0.368 e. The Balaban J connectivity index is 2.12. The predicted molar refractivity (Wildman–Crippen MR) is 77.1 cm³/mol. The van der Waals surface area contributed by atoms with Gasteiger partial charge in [-0.3, -0.25) is 0 Å². The van der Waals surface area contributed by atoms with Crippen LogP contribution in [0.25, 0.3) is 0 Å². The highest BCUT2D eigenvalue weighted by molar-refractivity contribution is 5.41. The van der Waals surface area contributed by atoms with E-state index >= 15 is 0 Å². The monoisotopic (exact) mass is 269 g/mol. The third-order valence-electron chi connectivity index (χ3n) is 2.55. The smallest absolute Gasteiger partial charge is 0.231 e. The van der Waals surface area contributed by atoms with Gasteiger partial charge in [-0.05, 0) is 17.7 Å². The van der Waals surface area contributed by atoms with Crippen LogP contribution in [0.5, 0.6) is 0 Å². The van der Waals surface area contributed by atoms with Gasteiger partial charge in [0.15, 0.2) is 0 Å². The Labute approximate surface area is 117 Å². The van der Waals surface area contributed by atoms with Crippen molar-refractivity contribution in [1.82, 2.24) is 15.0 Å². The number of anilines is 3. The first-order valence-corrected chi connectivity index (χ1v) is 6.00. The molecule has 0 aliphatic rings. The highest BCUT2D eigenvalue weighted by Crippen LogP contribution is 2.11. The number of nitrogen functional groups attached to an aromatic ring is 1. The SMILES string of the molecule is CN(C)c1nc(N)nc(NCc2cccc(C#N)c2)n1. The van der Waals surface area contributed by atoms with Crippen LogP contribution >= 0.6 is 0 Å². The van der Waals surface area contributed by atoms with Crippen molar-refractivity contribution in [1.29, 1.82) is 5.26 Å². The van der Waals surface area contributed by atoms with E-state index in [1.54, 1.807) is 11.0 Å². The van der Waals surface area contributed by atoms with Crippen LogP contribution in [0, 0.1) is 11.3 Å². The lowest BCUT2D eigenvalue weighted by molar-refractivity contribution is 0.950. The van der Waals surface area contributed by atoms with Crippen molar-refractivity contribution in [3.8, 4) is 6.07 Å². The summed E-state index contributed by atoms with van der Waals surface area (Å²) in [5.74, 6) is 1.06. The maximum atomic E-state index is 8.86. The van der Waals surface area contributed by atoms with Crippen molar-refractivity contribution in [2.45, 2.75) is 6.54 Å². The summed E-state index contributed by atoms with van der Waals surface area (Å²) in [6, 6.07) is 9.43. The lowest BCUT2D eigenvalue weighted by Gasteiger charge is -2.12. The molecule has 102 valence electrons. The van der Waals surface area contributed by atoms with Gasteiger partial charge in [0, 0.05) is 20.6 Å². The van der Waals surface area contributed by atoms with Crippen LogP contribution in [-0.4, -0.2) is 29.0 Å². The predicted octanol–water partition coefficient (Wildman–Crippen LogP) is 1.00. The number of hydrogen-bond acceptors (Lipinski definition) is 7. The topological polar surface area (TPSA) is 104 Å². The Kier molecular flexibility index (Phi) is 3.96. The maximum absolute atomic E-state index is 8.86. The molecular weight excluding hydrogens is 254 g/mol. The fourth-order valence-corrected chi connectivity index (χ4v) is 1.59. The van der Waals surface area contributed by atoms with E-state index in [1.807, 2.05) is 32.3 Å². The summed E-state index contributed by atoms with van der Waals surface area (Å²) < 4.78 is 0.